The quantitative estimate of drug-likeness (QED) is 0.518. The maximum absolute atomic E-state index is 11.9. The number of nitro groups is 1. The third-order valence-corrected chi connectivity index (χ3v) is 4.40. The van der Waals surface area contributed by atoms with Crippen LogP contribution in [0.3, 0.4) is 0 Å². The molecule has 0 atom stereocenters. The standard InChI is InChI=1S/C15H15N3O8S/c1-25-13-7-10(17(9-15(19)20)27(2,23)24)3-5-12(13)26-14-6-4-11(8-16-14)18(21)22/h3-8H,9H2,1-2H3,(H,19,20). The number of hydrogen-bond acceptors (Lipinski definition) is 8. The van der Waals surface area contributed by atoms with E-state index in [2.05, 4.69) is 4.98 Å². The van der Waals surface area contributed by atoms with Crippen LogP contribution in [0.4, 0.5) is 11.4 Å². The van der Waals surface area contributed by atoms with Crippen LogP contribution in [-0.4, -0.2) is 49.3 Å². The first-order valence-electron chi connectivity index (χ1n) is 7.27. The Balaban J connectivity index is 2.34. The van der Waals surface area contributed by atoms with Crippen LogP contribution in [0.15, 0.2) is 36.5 Å². The molecule has 0 radical (unpaired) electrons. The van der Waals surface area contributed by atoms with E-state index >= 15 is 0 Å². The van der Waals surface area contributed by atoms with E-state index in [-0.39, 0.29) is 28.8 Å². The SMILES string of the molecule is COc1cc(N(CC(=O)O)S(C)(=O)=O)ccc1Oc1ccc([N+](=O)[O-])cn1. The molecule has 0 spiro atoms. The maximum Gasteiger partial charge on any atom is 0.324 e. The summed E-state index contributed by atoms with van der Waals surface area (Å²) in [5.41, 5.74) is -0.136. The second kappa shape index (κ2) is 7.86. The molecule has 0 bridgehead atoms. The van der Waals surface area contributed by atoms with Gasteiger partial charge in [-0.25, -0.2) is 13.4 Å². The van der Waals surface area contributed by atoms with E-state index in [1.807, 2.05) is 0 Å². The third kappa shape index (κ3) is 5.04. The van der Waals surface area contributed by atoms with Gasteiger partial charge in [-0.15, -0.1) is 0 Å². The molecule has 0 saturated carbocycles. The molecule has 0 unspecified atom stereocenters. The van der Waals surface area contributed by atoms with Crippen molar-refractivity contribution in [2.24, 2.45) is 0 Å². The first kappa shape index (κ1) is 19.9. The van der Waals surface area contributed by atoms with Gasteiger partial charge in [-0.3, -0.25) is 19.2 Å². The summed E-state index contributed by atoms with van der Waals surface area (Å²) in [6.45, 7) is -0.758. The van der Waals surface area contributed by atoms with Crippen LogP contribution in [-0.2, 0) is 14.8 Å². The lowest BCUT2D eigenvalue weighted by atomic mass is 10.2. The molecule has 11 nitrogen and oxygen atoms in total. The van der Waals surface area contributed by atoms with Crippen molar-refractivity contribution < 1.29 is 32.7 Å². The van der Waals surface area contributed by atoms with Crippen LogP contribution >= 0.6 is 0 Å². The molecule has 0 fully saturated rings. The van der Waals surface area contributed by atoms with E-state index in [4.69, 9.17) is 14.6 Å². The Morgan fingerprint density at radius 3 is 2.48 bits per heavy atom. The van der Waals surface area contributed by atoms with Crippen molar-refractivity contribution in [1.29, 1.82) is 0 Å². The first-order chi connectivity index (χ1) is 12.6. The molecule has 2 rings (SSSR count). The molecule has 0 amide bonds. The number of anilines is 1. The topological polar surface area (TPSA) is 149 Å². The average molecular weight is 397 g/mol. The largest absolute Gasteiger partial charge is 0.493 e. The fourth-order valence-corrected chi connectivity index (χ4v) is 2.91. The van der Waals surface area contributed by atoms with Crippen LogP contribution in [0.25, 0.3) is 0 Å². The Labute approximate surface area is 154 Å². The Bertz CT molecular complexity index is 960. The van der Waals surface area contributed by atoms with Gasteiger partial charge in [0.05, 0.1) is 24.0 Å². The zero-order valence-corrected chi connectivity index (χ0v) is 15.0. The smallest absolute Gasteiger partial charge is 0.324 e. The molecule has 1 aromatic heterocycles. The fraction of sp³-hybridized carbons (Fsp3) is 0.200. The van der Waals surface area contributed by atoms with Gasteiger partial charge in [0, 0.05) is 18.2 Å². The average Bonchev–Trinajstić information content (AvgIpc) is 2.59. The summed E-state index contributed by atoms with van der Waals surface area (Å²) in [5, 5.41) is 19.6. The zero-order valence-electron chi connectivity index (χ0n) is 14.2. The number of pyridine rings is 1. The fourth-order valence-electron chi connectivity index (χ4n) is 2.07. The van der Waals surface area contributed by atoms with Crippen molar-refractivity contribution in [2.45, 2.75) is 0 Å². The van der Waals surface area contributed by atoms with Gasteiger partial charge in [0.15, 0.2) is 11.5 Å². The number of carboxylic acids is 1. The minimum Gasteiger partial charge on any atom is -0.493 e. The lowest BCUT2D eigenvalue weighted by Gasteiger charge is -2.21. The Kier molecular flexibility index (Phi) is 5.80. The monoisotopic (exact) mass is 397 g/mol. The van der Waals surface area contributed by atoms with Crippen LogP contribution in [0, 0.1) is 10.1 Å². The molecule has 1 aromatic carbocycles. The second-order valence-electron chi connectivity index (χ2n) is 5.21. The van der Waals surface area contributed by atoms with Gasteiger partial charge in [0.2, 0.25) is 15.9 Å². The van der Waals surface area contributed by atoms with Crippen molar-refractivity contribution in [3.63, 3.8) is 0 Å². The first-order valence-corrected chi connectivity index (χ1v) is 9.12. The number of hydrogen-bond donors (Lipinski definition) is 1. The summed E-state index contributed by atoms with van der Waals surface area (Å²) in [7, 11) is -2.53. The number of carbonyl (C=O) groups is 1. The van der Waals surface area contributed by atoms with E-state index in [0.29, 0.717) is 4.31 Å². The maximum atomic E-state index is 11.9. The van der Waals surface area contributed by atoms with Crippen molar-refractivity contribution in [2.75, 3.05) is 24.2 Å². The van der Waals surface area contributed by atoms with E-state index in [0.717, 1.165) is 12.5 Å². The Morgan fingerprint density at radius 1 is 1.30 bits per heavy atom. The van der Waals surface area contributed by atoms with Crippen LogP contribution in [0.5, 0.6) is 17.4 Å². The number of nitrogens with zero attached hydrogens (tertiary/aromatic N) is 3. The van der Waals surface area contributed by atoms with Gasteiger partial charge < -0.3 is 14.6 Å². The van der Waals surface area contributed by atoms with Gasteiger partial charge in [-0.2, -0.15) is 0 Å². The van der Waals surface area contributed by atoms with Crippen molar-refractivity contribution in [1.82, 2.24) is 4.98 Å². The van der Waals surface area contributed by atoms with E-state index < -0.39 is 27.5 Å². The van der Waals surface area contributed by atoms with E-state index in [1.54, 1.807) is 0 Å². The molecule has 1 heterocycles. The summed E-state index contributed by atoms with van der Waals surface area (Å²) in [6, 6.07) is 6.51. The molecule has 2 aromatic rings. The van der Waals surface area contributed by atoms with Crippen molar-refractivity contribution in [3.8, 4) is 17.4 Å². The van der Waals surface area contributed by atoms with E-state index in [9.17, 15) is 23.3 Å². The number of ether oxygens (including phenoxy) is 2. The summed E-state index contributed by atoms with van der Waals surface area (Å²) in [6.07, 6.45) is 1.90. The highest BCUT2D eigenvalue weighted by molar-refractivity contribution is 7.92. The van der Waals surface area contributed by atoms with E-state index in [1.165, 1.54) is 37.4 Å². The predicted octanol–water partition coefficient (Wildman–Crippen LogP) is 1.64. The number of carboxylic acid groups (broad SMARTS) is 1. The minimum absolute atomic E-state index is 0.0529. The predicted molar refractivity (Wildman–Crippen MR) is 93.8 cm³/mol. The molecule has 27 heavy (non-hydrogen) atoms. The summed E-state index contributed by atoms with van der Waals surface area (Å²) in [4.78, 5) is 24.8. The van der Waals surface area contributed by atoms with Crippen LogP contribution < -0.4 is 13.8 Å². The number of aromatic nitrogens is 1. The molecule has 0 aliphatic carbocycles. The summed E-state index contributed by atoms with van der Waals surface area (Å²) in [5.74, 6) is -0.995. The lowest BCUT2D eigenvalue weighted by Crippen LogP contribution is -2.34. The summed E-state index contributed by atoms with van der Waals surface area (Å²) >= 11 is 0. The zero-order chi connectivity index (χ0) is 20.2. The number of sulfonamides is 1. The second-order valence-corrected chi connectivity index (χ2v) is 7.12. The molecule has 1 N–H and O–H groups in total. The normalized spacial score (nSPS) is 10.9. The molecule has 144 valence electrons. The molecule has 0 saturated heterocycles. The van der Waals surface area contributed by atoms with Gasteiger partial charge in [0.25, 0.3) is 5.69 Å². The molecular formula is C15H15N3O8S. The highest BCUT2D eigenvalue weighted by atomic mass is 32.2. The third-order valence-electron chi connectivity index (χ3n) is 3.26. The van der Waals surface area contributed by atoms with Gasteiger partial charge >= 0.3 is 5.97 Å². The van der Waals surface area contributed by atoms with Crippen molar-refractivity contribution >= 4 is 27.4 Å². The minimum atomic E-state index is -3.84. The highest BCUT2D eigenvalue weighted by Crippen LogP contribution is 2.35. The molecule has 0 aliphatic rings. The number of aliphatic carboxylic acids is 1. The van der Waals surface area contributed by atoms with Crippen molar-refractivity contribution in [3.05, 3.63) is 46.6 Å². The number of methoxy groups -OCH3 is 1. The molecule has 0 aliphatic heterocycles. The Morgan fingerprint density at radius 2 is 2.00 bits per heavy atom. The van der Waals surface area contributed by atoms with Crippen LogP contribution in [0.1, 0.15) is 0 Å². The van der Waals surface area contributed by atoms with Gasteiger partial charge in [-0.05, 0) is 12.1 Å². The lowest BCUT2D eigenvalue weighted by molar-refractivity contribution is -0.385. The number of rotatable bonds is 8. The van der Waals surface area contributed by atoms with Gasteiger partial charge in [-0.1, -0.05) is 0 Å². The number of benzene rings is 1. The van der Waals surface area contributed by atoms with Gasteiger partial charge in [0.1, 0.15) is 12.7 Å². The highest BCUT2D eigenvalue weighted by Gasteiger charge is 2.22. The Hall–Kier alpha value is -3.41. The molecule has 12 heteroatoms. The molecular weight excluding hydrogens is 382 g/mol. The van der Waals surface area contributed by atoms with Crippen LogP contribution in [0.2, 0.25) is 0 Å². The summed E-state index contributed by atoms with van der Waals surface area (Å²) < 4.78 is 35.1.